The Kier molecular flexibility index (Phi) is 3.79. The fourth-order valence-electron chi connectivity index (χ4n) is 3.67. The van der Waals surface area contributed by atoms with Gasteiger partial charge < -0.3 is 4.90 Å². The number of amides is 1. The molecule has 0 N–H and O–H groups in total. The molecule has 23 heavy (non-hydrogen) atoms. The summed E-state index contributed by atoms with van der Waals surface area (Å²) in [6.07, 6.45) is 8.14. The molecule has 2 aromatic heterocycles. The molecule has 5 heteroatoms. The van der Waals surface area contributed by atoms with Crippen LogP contribution in [0.4, 0.5) is 0 Å². The van der Waals surface area contributed by atoms with Crippen LogP contribution in [-0.4, -0.2) is 51.4 Å². The zero-order valence-corrected chi connectivity index (χ0v) is 13.0. The van der Waals surface area contributed by atoms with Gasteiger partial charge in [0.05, 0.1) is 0 Å². The Labute approximate surface area is 136 Å². The summed E-state index contributed by atoms with van der Waals surface area (Å²) >= 11 is 0. The van der Waals surface area contributed by atoms with Gasteiger partial charge in [-0.15, -0.1) is 0 Å². The van der Waals surface area contributed by atoms with Crippen LogP contribution in [-0.2, 0) is 6.54 Å². The molecular weight excluding hydrogens is 288 g/mol. The highest BCUT2D eigenvalue weighted by atomic mass is 16.2. The summed E-state index contributed by atoms with van der Waals surface area (Å²) in [4.78, 5) is 25.1. The first-order valence-electron chi connectivity index (χ1n) is 8.13. The molecule has 0 aliphatic carbocycles. The van der Waals surface area contributed by atoms with Crippen molar-refractivity contribution in [2.24, 2.45) is 5.92 Å². The Bertz CT molecular complexity index is 676. The van der Waals surface area contributed by atoms with Crippen molar-refractivity contribution < 1.29 is 4.79 Å². The molecule has 118 valence electrons. The van der Waals surface area contributed by atoms with Gasteiger partial charge in [-0.3, -0.25) is 19.7 Å². The molecule has 2 aliphatic heterocycles. The van der Waals surface area contributed by atoms with Crippen LogP contribution >= 0.6 is 0 Å². The first-order chi connectivity index (χ1) is 11.3. The fourth-order valence-corrected chi connectivity index (χ4v) is 3.67. The van der Waals surface area contributed by atoms with E-state index in [2.05, 4.69) is 27.0 Å². The molecule has 0 unspecified atom stereocenters. The molecular formula is C18H20N4O. The third-order valence-corrected chi connectivity index (χ3v) is 5.01. The standard InChI is InChI=1S/C18H20N4O/c23-18(15-3-8-20-9-4-15)21-10-5-16-12-22(17(16)13-21)11-14-1-6-19-7-2-14/h1-4,6-9,16-17H,5,10-13H2/t16-,17-/m1/s1. The number of hydrogen-bond acceptors (Lipinski definition) is 4. The molecule has 2 atom stereocenters. The summed E-state index contributed by atoms with van der Waals surface area (Å²) in [6, 6.07) is 8.21. The first kappa shape index (κ1) is 14.3. The van der Waals surface area contributed by atoms with Crippen molar-refractivity contribution in [3.63, 3.8) is 0 Å². The van der Waals surface area contributed by atoms with Gasteiger partial charge in [-0.25, -0.2) is 0 Å². The number of carbonyl (C=O) groups is 1. The molecule has 0 saturated carbocycles. The van der Waals surface area contributed by atoms with E-state index in [1.165, 1.54) is 5.56 Å². The number of rotatable bonds is 3. The Balaban J connectivity index is 1.41. The number of piperidine rings is 1. The number of nitrogens with zero attached hydrogens (tertiary/aromatic N) is 4. The van der Waals surface area contributed by atoms with E-state index in [1.807, 2.05) is 17.3 Å². The van der Waals surface area contributed by atoms with E-state index in [0.29, 0.717) is 6.04 Å². The van der Waals surface area contributed by atoms with E-state index < -0.39 is 0 Å². The number of carbonyl (C=O) groups excluding carboxylic acids is 1. The Morgan fingerprint density at radius 3 is 2.48 bits per heavy atom. The largest absolute Gasteiger partial charge is 0.337 e. The molecule has 0 bridgehead atoms. The maximum absolute atomic E-state index is 12.6. The minimum Gasteiger partial charge on any atom is -0.337 e. The second-order valence-electron chi connectivity index (χ2n) is 6.39. The fraction of sp³-hybridized carbons (Fsp3) is 0.389. The Hall–Kier alpha value is -2.27. The van der Waals surface area contributed by atoms with E-state index in [9.17, 15) is 4.79 Å². The normalized spacial score (nSPS) is 23.9. The number of fused-ring (bicyclic) bond motifs is 1. The lowest BCUT2D eigenvalue weighted by atomic mass is 9.82. The molecule has 4 heterocycles. The summed E-state index contributed by atoms with van der Waals surface area (Å²) in [5.41, 5.74) is 2.02. The highest BCUT2D eigenvalue weighted by molar-refractivity contribution is 5.94. The molecule has 2 aromatic rings. The van der Waals surface area contributed by atoms with Crippen molar-refractivity contribution in [3.05, 3.63) is 60.2 Å². The Morgan fingerprint density at radius 2 is 1.74 bits per heavy atom. The lowest BCUT2D eigenvalue weighted by molar-refractivity contribution is -0.0427. The minimum absolute atomic E-state index is 0.126. The van der Waals surface area contributed by atoms with Crippen LogP contribution in [0.25, 0.3) is 0 Å². The van der Waals surface area contributed by atoms with Crippen LogP contribution < -0.4 is 0 Å². The predicted molar refractivity (Wildman–Crippen MR) is 86.7 cm³/mol. The van der Waals surface area contributed by atoms with Gasteiger partial charge in [0.2, 0.25) is 0 Å². The van der Waals surface area contributed by atoms with E-state index >= 15 is 0 Å². The van der Waals surface area contributed by atoms with Crippen molar-refractivity contribution in [1.82, 2.24) is 19.8 Å². The molecule has 0 aromatic carbocycles. The third kappa shape index (κ3) is 2.84. The van der Waals surface area contributed by atoms with E-state index in [4.69, 9.17) is 0 Å². The summed E-state index contributed by atoms with van der Waals surface area (Å²) in [7, 11) is 0. The van der Waals surface area contributed by atoms with Crippen molar-refractivity contribution in [3.8, 4) is 0 Å². The van der Waals surface area contributed by atoms with Crippen LogP contribution in [0.2, 0.25) is 0 Å². The lowest BCUT2D eigenvalue weighted by Crippen LogP contribution is -2.64. The summed E-state index contributed by atoms with van der Waals surface area (Å²) < 4.78 is 0. The summed E-state index contributed by atoms with van der Waals surface area (Å²) in [6.45, 7) is 3.79. The van der Waals surface area contributed by atoms with E-state index in [0.717, 1.165) is 44.1 Å². The maximum atomic E-state index is 12.6. The molecule has 2 aliphatic rings. The van der Waals surface area contributed by atoms with Crippen LogP contribution in [0.15, 0.2) is 49.1 Å². The zero-order chi connectivity index (χ0) is 15.6. The van der Waals surface area contributed by atoms with E-state index in [-0.39, 0.29) is 5.91 Å². The number of pyridine rings is 2. The summed E-state index contributed by atoms with van der Waals surface area (Å²) in [5.74, 6) is 0.861. The lowest BCUT2D eigenvalue weighted by Gasteiger charge is -2.53. The van der Waals surface area contributed by atoms with Crippen LogP contribution in [0.5, 0.6) is 0 Å². The predicted octanol–water partition coefficient (Wildman–Crippen LogP) is 1.82. The molecule has 0 spiro atoms. The molecule has 1 amide bonds. The Morgan fingerprint density at radius 1 is 1.04 bits per heavy atom. The third-order valence-electron chi connectivity index (χ3n) is 5.01. The van der Waals surface area contributed by atoms with Crippen molar-refractivity contribution in [2.75, 3.05) is 19.6 Å². The van der Waals surface area contributed by atoms with Crippen molar-refractivity contribution >= 4 is 5.91 Å². The van der Waals surface area contributed by atoms with Gasteiger partial charge in [-0.2, -0.15) is 0 Å². The van der Waals surface area contributed by atoms with Crippen LogP contribution in [0.1, 0.15) is 22.3 Å². The first-order valence-corrected chi connectivity index (χ1v) is 8.13. The molecule has 4 rings (SSSR count). The molecule has 2 saturated heterocycles. The quantitative estimate of drug-likeness (QED) is 0.868. The second-order valence-corrected chi connectivity index (χ2v) is 6.39. The minimum atomic E-state index is 0.126. The number of likely N-dealkylation sites (tertiary alicyclic amines) is 2. The van der Waals surface area contributed by atoms with Gasteiger partial charge in [-0.1, -0.05) is 0 Å². The van der Waals surface area contributed by atoms with Crippen molar-refractivity contribution in [2.45, 2.75) is 19.0 Å². The number of hydrogen-bond donors (Lipinski definition) is 0. The van der Waals surface area contributed by atoms with Gasteiger partial charge in [0.25, 0.3) is 5.91 Å². The number of aromatic nitrogens is 2. The van der Waals surface area contributed by atoms with Gasteiger partial charge in [0.15, 0.2) is 0 Å². The smallest absolute Gasteiger partial charge is 0.254 e. The molecule has 0 radical (unpaired) electrons. The van der Waals surface area contributed by atoms with Gasteiger partial charge in [-0.05, 0) is 42.2 Å². The van der Waals surface area contributed by atoms with E-state index in [1.54, 1.807) is 24.5 Å². The summed E-state index contributed by atoms with van der Waals surface area (Å²) in [5, 5.41) is 0. The van der Waals surface area contributed by atoms with Crippen LogP contribution in [0, 0.1) is 5.92 Å². The highest BCUT2D eigenvalue weighted by Gasteiger charge is 2.43. The monoisotopic (exact) mass is 308 g/mol. The average molecular weight is 308 g/mol. The molecule has 5 nitrogen and oxygen atoms in total. The maximum Gasteiger partial charge on any atom is 0.254 e. The average Bonchev–Trinajstić information content (AvgIpc) is 2.61. The highest BCUT2D eigenvalue weighted by Crippen LogP contribution is 2.34. The van der Waals surface area contributed by atoms with Gasteiger partial charge in [0, 0.05) is 62.6 Å². The zero-order valence-electron chi connectivity index (χ0n) is 13.0. The topological polar surface area (TPSA) is 49.3 Å². The van der Waals surface area contributed by atoms with Crippen LogP contribution in [0.3, 0.4) is 0 Å². The van der Waals surface area contributed by atoms with Gasteiger partial charge >= 0.3 is 0 Å². The van der Waals surface area contributed by atoms with Gasteiger partial charge in [0.1, 0.15) is 0 Å². The van der Waals surface area contributed by atoms with Crippen molar-refractivity contribution in [1.29, 1.82) is 0 Å². The SMILES string of the molecule is O=C(c1ccncc1)N1CC[C@@H]2CN(Cc3ccncc3)[C@@H]2C1. The molecule has 2 fully saturated rings. The second kappa shape index (κ2) is 6.08.